The minimum Gasteiger partial charge on any atom is -0.454 e. The van der Waals surface area contributed by atoms with Crippen molar-refractivity contribution in [2.45, 2.75) is 13.8 Å². The summed E-state index contributed by atoms with van der Waals surface area (Å²) in [5, 5.41) is 2.16. The van der Waals surface area contributed by atoms with E-state index >= 15 is 0 Å². The Morgan fingerprint density at radius 3 is 1.30 bits per heavy atom. The quantitative estimate of drug-likeness (QED) is 0.138. The Morgan fingerprint density at radius 2 is 0.733 bits per heavy atom. The zero-order valence-electron chi connectivity index (χ0n) is 33.6. The number of fused-ring (bicyclic) bond motifs is 3. The van der Waals surface area contributed by atoms with E-state index in [1.165, 1.54) is 16.7 Å². The lowest BCUT2D eigenvalue weighted by Crippen LogP contribution is -2.16. The van der Waals surface area contributed by atoms with E-state index in [4.69, 9.17) is 4.42 Å². The van der Waals surface area contributed by atoms with Gasteiger partial charge in [-0.3, -0.25) is 0 Å². The lowest BCUT2D eigenvalue weighted by atomic mass is 10.0. The Morgan fingerprint density at radius 1 is 0.300 bits per heavy atom. The second kappa shape index (κ2) is 15.8. The van der Waals surface area contributed by atoms with Gasteiger partial charge < -0.3 is 19.1 Å². The highest BCUT2D eigenvalue weighted by atomic mass is 16.3. The molecule has 0 spiro atoms. The molecule has 60 heavy (non-hydrogen) atoms. The van der Waals surface area contributed by atoms with Crippen LogP contribution in [0.2, 0.25) is 0 Å². The third kappa shape index (κ3) is 7.05. The van der Waals surface area contributed by atoms with Crippen LogP contribution in [0.3, 0.4) is 0 Å². The first-order valence-electron chi connectivity index (χ1n) is 20.4. The zero-order chi connectivity index (χ0) is 40.4. The Bertz CT molecular complexity index is 2960. The maximum atomic E-state index is 6.80. The van der Waals surface area contributed by atoms with Crippen LogP contribution in [0, 0.1) is 13.8 Å². The number of anilines is 9. The van der Waals surface area contributed by atoms with Gasteiger partial charge in [0.25, 0.3) is 0 Å². The van der Waals surface area contributed by atoms with Crippen molar-refractivity contribution in [2.24, 2.45) is 0 Å². The van der Waals surface area contributed by atoms with Gasteiger partial charge in [0, 0.05) is 39.2 Å². The van der Waals surface area contributed by atoms with Crippen LogP contribution in [0.1, 0.15) is 11.1 Å². The van der Waals surface area contributed by atoms with Gasteiger partial charge in [-0.2, -0.15) is 0 Å². The van der Waals surface area contributed by atoms with Crippen LogP contribution < -0.4 is 14.7 Å². The molecule has 0 saturated heterocycles. The molecule has 0 unspecified atom stereocenters. The maximum Gasteiger partial charge on any atom is 0.159 e. The first-order valence-corrected chi connectivity index (χ1v) is 20.4. The standard InChI is InChI=1S/C56H43N3O/c1-40-17-14-25-47(35-40)57(44-21-8-4-9-22-44)49-37-50(58(45-23-10-5-11-24-45)48-26-15-18-41(2)36-48)39-51(38-49)59(46-33-31-43(32-34-46)42-19-6-3-7-20-42)54-29-16-28-53-52-27-12-13-30-55(52)60-56(53)54/h3-39H,1-2H3. The summed E-state index contributed by atoms with van der Waals surface area (Å²) in [7, 11) is 0. The molecule has 1 aromatic heterocycles. The van der Waals surface area contributed by atoms with Crippen LogP contribution in [0.4, 0.5) is 51.2 Å². The molecule has 9 aromatic carbocycles. The number of benzene rings is 9. The van der Waals surface area contributed by atoms with Crippen LogP contribution in [0.25, 0.3) is 33.1 Å². The van der Waals surface area contributed by atoms with E-state index in [1.54, 1.807) is 0 Å². The van der Waals surface area contributed by atoms with E-state index in [9.17, 15) is 0 Å². The first-order chi connectivity index (χ1) is 29.6. The summed E-state index contributed by atoms with van der Waals surface area (Å²) >= 11 is 0. The molecule has 0 atom stereocenters. The number of rotatable bonds is 10. The molecule has 10 aromatic rings. The Kier molecular flexibility index (Phi) is 9.64. The van der Waals surface area contributed by atoms with Gasteiger partial charge in [0.2, 0.25) is 0 Å². The van der Waals surface area contributed by atoms with Gasteiger partial charge in [0.1, 0.15) is 5.58 Å². The zero-order valence-corrected chi connectivity index (χ0v) is 33.6. The Hall–Kier alpha value is -7.82. The van der Waals surface area contributed by atoms with Crippen molar-refractivity contribution in [3.8, 4) is 11.1 Å². The first kappa shape index (κ1) is 36.5. The fourth-order valence-electron chi connectivity index (χ4n) is 8.32. The normalized spacial score (nSPS) is 11.2. The number of nitrogens with zero attached hydrogens (tertiary/aromatic N) is 3. The summed E-state index contributed by atoms with van der Waals surface area (Å²) < 4.78 is 6.80. The molecular weight excluding hydrogens is 731 g/mol. The highest BCUT2D eigenvalue weighted by Crippen LogP contribution is 2.48. The van der Waals surface area contributed by atoms with Crippen molar-refractivity contribution < 1.29 is 4.42 Å². The Labute approximate surface area is 351 Å². The van der Waals surface area contributed by atoms with Crippen molar-refractivity contribution in [3.05, 3.63) is 236 Å². The lowest BCUT2D eigenvalue weighted by Gasteiger charge is -2.33. The molecule has 4 nitrogen and oxygen atoms in total. The summed E-state index contributed by atoms with van der Waals surface area (Å²) in [6.45, 7) is 4.30. The highest BCUT2D eigenvalue weighted by Gasteiger charge is 2.24. The van der Waals surface area contributed by atoms with E-state index in [-0.39, 0.29) is 0 Å². The van der Waals surface area contributed by atoms with Gasteiger partial charge in [0.15, 0.2) is 5.58 Å². The van der Waals surface area contributed by atoms with E-state index < -0.39 is 0 Å². The molecule has 0 aliphatic rings. The average Bonchev–Trinajstić information content (AvgIpc) is 3.68. The smallest absolute Gasteiger partial charge is 0.159 e. The fraction of sp³-hybridized carbons (Fsp3) is 0.0357. The summed E-state index contributed by atoms with van der Waals surface area (Å²) in [4.78, 5) is 7.07. The van der Waals surface area contributed by atoms with E-state index in [2.05, 4.69) is 247 Å². The molecule has 0 radical (unpaired) electrons. The SMILES string of the molecule is Cc1cccc(N(c2ccccc2)c2cc(N(c3ccccc3)c3cccc(C)c3)cc(N(c3ccc(-c4ccccc4)cc3)c3cccc4c3oc3ccccc34)c2)c1. The Balaban J connectivity index is 1.28. The molecule has 0 amide bonds. The fourth-order valence-corrected chi connectivity index (χ4v) is 8.32. The predicted molar refractivity (Wildman–Crippen MR) is 253 cm³/mol. The van der Waals surface area contributed by atoms with Gasteiger partial charge in [-0.1, -0.05) is 133 Å². The van der Waals surface area contributed by atoms with Gasteiger partial charge in [-0.05, 0) is 127 Å². The van der Waals surface area contributed by atoms with E-state index in [1.807, 2.05) is 6.07 Å². The summed E-state index contributed by atoms with van der Waals surface area (Å²) in [6.07, 6.45) is 0. The summed E-state index contributed by atoms with van der Waals surface area (Å²) in [6, 6.07) is 79.9. The molecule has 288 valence electrons. The molecule has 0 bridgehead atoms. The molecule has 0 N–H and O–H groups in total. The lowest BCUT2D eigenvalue weighted by molar-refractivity contribution is 0.669. The minimum absolute atomic E-state index is 0.829. The van der Waals surface area contributed by atoms with E-state index in [0.29, 0.717) is 0 Å². The van der Waals surface area contributed by atoms with Crippen LogP contribution in [-0.4, -0.2) is 0 Å². The van der Waals surface area contributed by atoms with Crippen molar-refractivity contribution in [1.29, 1.82) is 0 Å². The number of furan rings is 1. The summed E-state index contributed by atoms with van der Waals surface area (Å²) in [5.74, 6) is 0. The molecule has 0 saturated carbocycles. The van der Waals surface area contributed by atoms with Crippen LogP contribution in [0.5, 0.6) is 0 Å². The molecule has 10 rings (SSSR count). The molecule has 0 aliphatic carbocycles. The van der Waals surface area contributed by atoms with Crippen LogP contribution in [-0.2, 0) is 0 Å². The minimum atomic E-state index is 0.829. The second-order valence-corrected chi connectivity index (χ2v) is 15.2. The van der Waals surface area contributed by atoms with Gasteiger partial charge in [-0.25, -0.2) is 0 Å². The van der Waals surface area contributed by atoms with Gasteiger partial charge in [-0.15, -0.1) is 0 Å². The van der Waals surface area contributed by atoms with Gasteiger partial charge >= 0.3 is 0 Å². The maximum absolute atomic E-state index is 6.80. The number of para-hydroxylation sites is 4. The summed E-state index contributed by atoms with van der Waals surface area (Å²) in [5.41, 5.74) is 15.6. The molecule has 0 aliphatic heterocycles. The van der Waals surface area contributed by atoms with E-state index in [0.717, 1.165) is 78.7 Å². The molecular formula is C56H43N3O. The second-order valence-electron chi connectivity index (χ2n) is 15.2. The van der Waals surface area contributed by atoms with Crippen LogP contribution in [0.15, 0.2) is 229 Å². The number of hydrogen-bond donors (Lipinski definition) is 0. The largest absolute Gasteiger partial charge is 0.454 e. The third-order valence-electron chi connectivity index (χ3n) is 11.1. The van der Waals surface area contributed by atoms with Crippen molar-refractivity contribution in [2.75, 3.05) is 14.7 Å². The van der Waals surface area contributed by atoms with Crippen molar-refractivity contribution >= 4 is 73.1 Å². The topological polar surface area (TPSA) is 22.9 Å². The van der Waals surface area contributed by atoms with Crippen LogP contribution >= 0.6 is 0 Å². The monoisotopic (exact) mass is 773 g/mol. The number of aryl methyl sites for hydroxylation is 2. The number of hydrogen-bond acceptors (Lipinski definition) is 4. The molecule has 4 heteroatoms. The van der Waals surface area contributed by atoms with Crippen molar-refractivity contribution in [1.82, 2.24) is 0 Å². The third-order valence-corrected chi connectivity index (χ3v) is 11.1. The molecule has 0 fully saturated rings. The molecule has 1 heterocycles. The average molecular weight is 774 g/mol. The van der Waals surface area contributed by atoms with Gasteiger partial charge in [0.05, 0.1) is 22.7 Å². The van der Waals surface area contributed by atoms with Crippen molar-refractivity contribution in [3.63, 3.8) is 0 Å². The highest BCUT2D eigenvalue weighted by molar-refractivity contribution is 6.10. The predicted octanol–water partition coefficient (Wildman–Crippen LogP) is 16.3.